The molecule has 1 unspecified atom stereocenters. The van der Waals surface area contributed by atoms with Gasteiger partial charge in [-0.1, -0.05) is 18.6 Å². The predicted octanol–water partition coefficient (Wildman–Crippen LogP) is 2.37. The SMILES string of the molecule is N#Cc1ccc(C2CCCCN2)cc1. The van der Waals surface area contributed by atoms with Crippen LogP contribution in [0.15, 0.2) is 24.3 Å². The third-order valence-electron chi connectivity index (χ3n) is 2.75. The number of rotatable bonds is 1. The fraction of sp³-hybridized carbons (Fsp3) is 0.417. The highest BCUT2D eigenvalue weighted by Crippen LogP contribution is 2.22. The Morgan fingerprint density at radius 3 is 2.57 bits per heavy atom. The van der Waals surface area contributed by atoms with E-state index in [0.717, 1.165) is 12.1 Å². The zero-order chi connectivity index (χ0) is 9.80. The second-order valence-corrected chi connectivity index (χ2v) is 3.74. The molecule has 0 radical (unpaired) electrons. The van der Waals surface area contributed by atoms with Gasteiger partial charge in [0.05, 0.1) is 11.6 Å². The summed E-state index contributed by atoms with van der Waals surface area (Å²) in [7, 11) is 0. The standard InChI is InChI=1S/C12H14N2/c13-9-10-4-6-11(7-5-10)12-3-1-2-8-14-12/h4-7,12,14H,1-3,8H2. The zero-order valence-electron chi connectivity index (χ0n) is 8.16. The number of piperidine rings is 1. The van der Waals surface area contributed by atoms with Crippen molar-refractivity contribution >= 4 is 0 Å². The molecule has 0 bridgehead atoms. The van der Waals surface area contributed by atoms with Gasteiger partial charge in [-0.15, -0.1) is 0 Å². The van der Waals surface area contributed by atoms with Gasteiger partial charge in [-0.25, -0.2) is 0 Å². The third kappa shape index (κ3) is 1.94. The molecule has 72 valence electrons. The Hall–Kier alpha value is -1.33. The molecule has 1 aromatic rings. The molecule has 2 heteroatoms. The number of hydrogen-bond donors (Lipinski definition) is 1. The van der Waals surface area contributed by atoms with Gasteiger partial charge >= 0.3 is 0 Å². The quantitative estimate of drug-likeness (QED) is 0.731. The number of nitriles is 1. The Bertz CT molecular complexity index is 328. The van der Waals surface area contributed by atoms with Crippen LogP contribution in [0.25, 0.3) is 0 Å². The lowest BCUT2D eigenvalue weighted by atomic mass is 9.97. The van der Waals surface area contributed by atoms with Crippen molar-refractivity contribution in [2.75, 3.05) is 6.54 Å². The van der Waals surface area contributed by atoms with E-state index in [4.69, 9.17) is 5.26 Å². The second-order valence-electron chi connectivity index (χ2n) is 3.74. The Kier molecular flexibility index (Phi) is 2.81. The van der Waals surface area contributed by atoms with Gasteiger partial charge in [0.15, 0.2) is 0 Å². The van der Waals surface area contributed by atoms with Gasteiger partial charge in [0, 0.05) is 6.04 Å². The van der Waals surface area contributed by atoms with Gasteiger partial charge in [-0.3, -0.25) is 0 Å². The first-order chi connectivity index (χ1) is 6.90. The number of hydrogen-bond acceptors (Lipinski definition) is 2. The van der Waals surface area contributed by atoms with E-state index >= 15 is 0 Å². The third-order valence-corrected chi connectivity index (χ3v) is 2.75. The van der Waals surface area contributed by atoms with Crippen molar-refractivity contribution in [3.63, 3.8) is 0 Å². The summed E-state index contributed by atoms with van der Waals surface area (Å²) in [4.78, 5) is 0. The molecule has 1 aromatic carbocycles. The molecule has 1 N–H and O–H groups in total. The van der Waals surface area contributed by atoms with Gasteiger partial charge in [0.25, 0.3) is 0 Å². The molecule has 2 rings (SSSR count). The van der Waals surface area contributed by atoms with Gasteiger partial charge in [0.1, 0.15) is 0 Å². The van der Waals surface area contributed by atoms with Gasteiger partial charge in [-0.2, -0.15) is 5.26 Å². The van der Waals surface area contributed by atoms with Crippen LogP contribution in [-0.4, -0.2) is 6.54 Å². The van der Waals surface area contributed by atoms with E-state index < -0.39 is 0 Å². The lowest BCUT2D eigenvalue weighted by Crippen LogP contribution is -2.26. The van der Waals surface area contributed by atoms with E-state index in [0.29, 0.717) is 6.04 Å². The summed E-state index contributed by atoms with van der Waals surface area (Å²) in [6.45, 7) is 1.12. The summed E-state index contributed by atoms with van der Waals surface area (Å²) in [5, 5.41) is 12.2. The highest BCUT2D eigenvalue weighted by molar-refractivity contribution is 5.32. The zero-order valence-corrected chi connectivity index (χ0v) is 8.16. The second kappa shape index (κ2) is 4.26. The lowest BCUT2D eigenvalue weighted by molar-refractivity contribution is 0.412. The Morgan fingerprint density at radius 2 is 2.00 bits per heavy atom. The molecular formula is C12H14N2. The van der Waals surface area contributed by atoms with Crippen molar-refractivity contribution in [2.24, 2.45) is 0 Å². The fourth-order valence-electron chi connectivity index (χ4n) is 1.93. The molecule has 1 fully saturated rings. The molecule has 0 amide bonds. The fourth-order valence-corrected chi connectivity index (χ4v) is 1.93. The maximum atomic E-state index is 8.67. The molecule has 1 saturated heterocycles. The minimum atomic E-state index is 0.497. The molecule has 0 spiro atoms. The summed E-state index contributed by atoms with van der Waals surface area (Å²) in [5.74, 6) is 0. The summed E-state index contributed by atoms with van der Waals surface area (Å²) < 4.78 is 0. The van der Waals surface area contributed by atoms with Gasteiger partial charge < -0.3 is 5.32 Å². The van der Waals surface area contributed by atoms with Gasteiger partial charge in [0.2, 0.25) is 0 Å². The van der Waals surface area contributed by atoms with Crippen LogP contribution in [0.3, 0.4) is 0 Å². The van der Waals surface area contributed by atoms with Crippen LogP contribution in [0, 0.1) is 11.3 Å². The summed E-state index contributed by atoms with van der Waals surface area (Å²) in [5.41, 5.74) is 2.05. The molecule has 1 heterocycles. The van der Waals surface area contributed by atoms with Crippen molar-refractivity contribution in [1.29, 1.82) is 5.26 Å². The van der Waals surface area contributed by atoms with E-state index in [1.807, 2.05) is 12.1 Å². The molecule has 1 atom stereocenters. The maximum absolute atomic E-state index is 8.67. The van der Waals surface area contributed by atoms with Crippen LogP contribution in [-0.2, 0) is 0 Å². The monoisotopic (exact) mass is 186 g/mol. The topological polar surface area (TPSA) is 35.8 Å². The average Bonchev–Trinajstić information content (AvgIpc) is 2.30. The maximum Gasteiger partial charge on any atom is 0.0991 e. The minimum Gasteiger partial charge on any atom is -0.310 e. The van der Waals surface area contributed by atoms with Crippen LogP contribution in [0.5, 0.6) is 0 Å². The van der Waals surface area contributed by atoms with Crippen LogP contribution in [0.2, 0.25) is 0 Å². The van der Waals surface area contributed by atoms with Crippen molar-refractivity contribution in [1.82, 2.24) is 5.32 Å². The van der Waals surface area contributed by atoms with Crippen LogP contribution in [0.1, 0.15) is 36.4 Å². The Morgan fingerprint density at radius 1 is 1.21 bits per heavy atom. The smallest absolute Gasteiger partial charge is 0.0991 e. The highest BCUT2D eigenvalue weighted by atomic mass is 14.9. The van der Waals surface area contributed by atoms with Crippen molar-refractivity contribution in [2.45, 2.75) is 25.3 Å². The molecular weight excluding hydrogens is 172 g/mol. The summed E-state index contributed by atoms with van der Waals surface area (Å²) in [6, 6.07) is 10.5. The lowest BCUT2D eigenvalue weighted by Gasteiger charge is -2.23. The van der Waals surface area contributed by atoms with Crippen LogP contribution < -0.4 is 5.32 Å². The first-order valence-corrected chi connectivity index (χ1v) is 5.13. The molecule has 14 heavy (non-hydrogen) atoms. The van der Waals surface area contributed by atoms with Crippen LogP contribution >= 0.6 is 0 Å². The Balaban J connectivity index is 2.12. The molecule has 0 saturated carbocycles. The molecule has 2 nitrogen and oxygen atoms in total. The number of benzene rings is 1. The first-order valence-electron chi connectivity index (χ1n) is 5.13. The van der Waals surface area contributed by atoms with Gasteiger partial charge in [-0.05, 0) is 37.1 Å². The number of nitrogens with one attached hydrogen (secondary N) is 1. The molecule has 1 aliphatic rings. The van der Waals surface area contributed by atoms with E-state index in [9.17, 15) is 0 Å². The molecule has 0 aliphatic carbocycles. The van der Waals surface area contributed by atoms with Crippen molar-refractivity contribution in [3.05, 3.63) is 35.4 Å². The molecule has 1 aliphatic heterocycles. The van der Waals surface area contributed by atoms with E-state index in [1.54, 1.807) is 0 Å². The summed E-state index contributed by atoms with van der Waals surface area (Å²) in [6.07, 6.45) is 3.80. The van der Waals surface area contributed by atoms with E-state index in [1.165, 1.54) is 24.8 Å². The van der Waals surface area contributed by atoms with Crippen molar-refractivity contribution < 1.29 is 0 Å². The molecule has 0 aromatic heterocycles. The largest absolute Gasteiger partial charge is 0.310 e. The van der Waals surface area contributed by atoms with E-state index in [-0.39, 0.29) is 0 Å². The average molecular weight is 186 g/mol. The van der Waals surface area contributed by atoms with Crippen molar-refractivity contribution in [3.8, 4) is 6.07 Å². The number of nitrogens with zero attached hydrogens (tertiary/aromatic N) is 1. The minimum absolute atomic E-state index is 0.497. The first kappa shape index (κ1) is 9.23. The van der Waals surface area contributed by atoms with E-state index in [2.05, 4.69) is 23.5 Å². The Labute approximate surface area is 84.6 Å². The highest BCUT2D eigenvalue weighted by Gasteiger charge is 2.13. The normalized spacial score (nSPS) is 21.5. The predicted molar refractivity (Wildman–Crippen MR) is 55.8 cm³/mol. The van der Waals surface area contributed by atoms with Crippen LogP contribution in [0.4, 0.5) is 0 Å². The summed E-state index contributed by atoms with van der Waals surface area (Å²) >= 11 is 0.